The Morgan fingerprint density at radius 1 is 1.47 bits per heavy atom. The van der Waals surface area contributed by atoms with E-state index in [1.165, 1.54) is 18.2 Å². The van der Waals surface area contributed by atoms with E-state index in [4.69, 9.17) is 10.3 Å². The van der Waals surface area contributed by atoms with Crippen LogP contribution < -0.4 is 11.3 Å². The Labute approximate surface area is 95.6 Å². The van der Waals surface area contributed by atoms with E-state index in [1.54, 1.807) is 6.92 Å². The first-order chi connectivity index (χ1) is 8.10. The van der Waals surface area contributed by atoms with Crippen LogP contribution in [-0.2, 0) is 0 Å². The van der Waals surface area contributed by atoms with Gasteiger partial charge in [-0.1, -0.05) is 0 Å². The summed E-state index contributed by atoms with van der Waals surface area (Å²) in [6.07, 6.45) is 0. The Morgan fingerprint density at radius 3 is 2.82 bits per heavy atom. The molecule has 2 rings (SSSR count). The number of hydrazine groups is 1. The minimum atomic E-state index is -0.611. The first-order valence-corrected chi connectivity index (χ1v) is 4.67. The summed E-state index contributed by atoms with van der Waals surface area (Å²) < 4.78 is 5.03. The third-order valence-electron chi connectivity index (χ3n) is 2.01. The molecular weight excluding hydrogens is 226 g/mol. The van der Waals surface area contributed by atoms with Crippen LogP contribution in [0.25, 0.3) is 11.5 Å². The van der Waals surface area contributed by atoms with Gasteiger partial charge in [-0.3, -0.25) is 10.1 Å². The molecule has 8 heteroatoms. The van der Waals surface area contributed by atoms with Gasteiger partial charge in [-0.2, -0.15) is 0 Å². The smallest absolute Gasteiger partial charge is 0.399 e. The number of nitrogens with one attached hydrogen (secondary N) is 1. The van der Waals surface area contributed by atoms with Gasteiger partial charge in [-0.15, -0.1) is 0 Å². The number of nitrogen functional groups attached to an aromatic ring is 1. The Morgan fingerprint density at radius 2 is 2.24 bits per heavy atom. The monoisotopic (exact) mass is 235 g/mol. The number of nitrogens with two attached hydrogens (primary N) is 1. The van der Waals surface area contributed by atoms with Gasteiger partial charge in [0.2, 0.25) is 0 Å². The van der Waals surface area contributed by atoms with Gasteiger partial charge in [0.1, 0.15) is 22.3 Å². The lowest BCUT2D eigenvalue weighted by Crippen LogP contribution is -2.09. The van der Waals surface area contributed by atoms with Crippen molar-refractivity contribution in [3.63, 3.8) is 0 Å². The van der Waals surface area contributed by atoms with Crippen molar-refractivity contribution in [2.75, 3.05) is 5.43 Å². The Hall–Kier alpha value is -2.48. The van der Waals surface area contributed by atoms with Gasteiger partial charge in [0.15, 0.2) is 5.76 Å². The van der Waals surface area contributed by atoms with Crippen LogP contribution in [0.5, 0.6) is 0 Å². The summed E-state index contributed by atoms with van der Waals surface area (Å²) in [6.45, 7) is 1.68. The second kappa shape index (κ2) is 4.18. The zero-order valence-corrected chi connectivity index (χ0v) is 8.88. The maximum atomic E-state index is 10.5. The van der Waals surface area contributed by atoms with Gasteiger partial charge >= 0.3 is 5.88 Å². The van der Waals surface area contributed by atoms with E-state index in [0.29, 0.717) is 23.1 Å². The number of hydrogen-bond donors (Lipinski definition) is 2. The average molecular weight is 235 g/mol. The number of nitro groups is 1. The second-order valence-corrected chi connectivity index (χ2v) is 3.22. The number of furan rings is 1. The van der Waals surface area contributed by atoms with Crippen molar-refractivity contribution < 1.29 is 9.34 Å². The van der Waals surface area contributed by atoms with Crippen molar-refractivity contribution in [1.82, 2.24) is 9.97 Å². The predicted octanol–water partition coefficient (Wildman–Crippen LogP) is 1.24. The van der Waals surface area contributed by atoms with E-state index < -0.39 is 4.92 Å². The molecule has 2 aromatic rings. The quantitative estimate of drug-likeness (QED) is 0.466. The molecule has 0 bridgehead atoms. The fourth-order valence-electron chi connectivity index (χ4n) is 1.33. The molecule has 0 saturated carbocycles. The second-order valence-electron chi connectivity index (χ2n) is 3.22. The van der Waals surface area contributed by atoms with Crippen LogP contribution >= 0.6 is 0 Å². The lowest BCUT2D eigenvalue weighted by atomic mass is 10.3. The molecule has 3 N–H and O–H groups in total. The molecule has 0 fully saturated rings. The Bertz CT molecular complexity index is 566. The number of hydrogen-bond acceptors (Lipinski definition) is 7. The molecular formula is C9H9N5O3. The minimum absolute atomic E-state index is 0.290. The van der Waals surface area contributed by atoms with E-state index in [9.17, 15) is 10.1 Å². The lowest BCUT2D eigenvalue weighted by molar-refractivity contribution is -0.401. The van der Waals surface area contributed by atoms with Crippen molar-refractivity contribution in [2.24, 2.45) is 5.84 Å². The van der Waals surface area contributed by atoms with Crippen LogP contribution in [0.2, 0.25) is 0 Å². The highest BCUT2D eigenvalue weighted by atomic mass is 16.6. The van der Waals surface area contributed by atoms with Crippen LogP contribution in [0.1, 0.15) is 5.82 Å². The molecule has 8 nitrogen and oxygen atoms in total. The highest BCUT2D eigenvalue weighted by molar-refractivity contribution is 5.58. The molecule has 0 amide bonds. The highest BCUT2D eigenvalue weighted by Crippen LogP contribution is 2.25. The summed E-state index contributed by atoms with van der Waals surface area (Å²) in [6, 6.07) is 4.28. The van der Waals surface area contributed by atoms with E-state index in [1.807, 2.05) is 0 Å². The molecule has 88 valence electrons. The fraction of sp³-hybridized carbons (Fsp3) is 0.111. The highest BCUT2D eigenvalue weighted by Gasteiger charge is 2.14. The summed E-state index contributed by atoms with van der Waals surface area (Å²) in [5, 5.41) is 10.5. The van der Waals surface area contributed by atoms with Crippen LogP contribution in [0.15, 0.2) is 22.6 Å². The first kappa shape index (κ1) is 11.0. The van der Waals surface area contributed by atoms with Crippen LogP contribution in [0.3, 0.4) is 0 Å². The molecule has 0 spiro atoms. The number of aromatic nitrogens is 2. The predicted molar refractivity (Wildman–Crippen MR) is 58.9 cm³/mol. The van der Waals surface area contributed by atoms with Crippen molar-refractivity contribution >= 4 is 11.7 Å². The summed E-state index contributed by atoms with van der Waals surface area (Å²) in [5.41, 5.74) is 2.81. The van der Waals surface area contributed by atoms with E-state index in [2.05, 4.69) is 15.4 Å². The van der Waals surface area contributed by atoms with Gasteiger partial charge in [0, 0.05) is 6.07 Å². The third-order valence-corrected chi connectivity index (χ3v) is 2.01. The summed E-state index contributed by atoms with van der Waals surface area (Å²) in [7, 11) is 0. The Kier molecular flexibility index (Phi) is 2.71. The number of aryl methyl sites for hydroxylation is 1. The van der Waals surface area contributed by atoms with Crippen molar-refractivity contribution in [1.29, 1.82) is 0 Å². The van der Waals surface area contributed by atoms with Crippen LogP contribution in [-0.4, -0.2) is 14.9 Å². The molecule has 0 unspecified atom stereocenters. The maximum absolute atomic E-state index is 10.5. The van der Waals surface area contributed by atoms with Crippen molar-refractivity contribution in [3.8, 4) is 11.5 Å². The average Bonchev–Trinajstić information content (AvgIpc) is 2.77. The van der Waals surface area contributed by atoms with E-state index in [-0.39, 0.29) is 5.88 Å². The molecule has 0 saturated heterocycles. The van der Waals surface area contributed by atoms with Gasteiger partial charge in [-0.05, 0) is 13.0 Å². The SMILES string of the molecule is Cc1nc(NN)cc(-c2ccc([N+](=O)[O-])o2)n1. The molecule has 0 aliphatic rings. The number of anilines is 1. The molecule has 0 aliphatic heterocycles. The zero-order valence-electron chi connectivity index (χ0n) is 8.88. The van der Waals surface area contributed by atoms with Crippen molar-refractivity contribution in [2.45, 2.75) is 6.92 Å². The van der Waals surface area contributed by atoms with Crippen molar-refractivity contribution in [3.05, 3.63) is 34.1 Å². The molecule has 2 heterocycles. The topological polar surface area (TPSA) is 120 Å². The van der Waals surface area contributed by atoms with Gasteiger partial charge in [0.05, 0.1) is 6.07 Å². The van der Waals surface area contributed by atoms with Gasteiger partial charge in [0.25, 0.3) is 0 Å². The summed E-state index contributed by atoms with van der Waals surface area (Å²) >= 11 is 0. The zero-order chi connectivity index (χ0) is 12.4. The molecule has 17 heavy (non-hydrogen) atoms. The lowest BCUT2D eigenvalue weighted by Gasteiger charge is -2.02. The van der Waals surface area contributed by atoms with Crippen LogP contribution in [0.4, 0.5) is 11.7 Å². The number of rotatable bonds is 3. The standard InChI is InChI=1S/C9H9N5O3/c1-5-11-6(4-8(12-5)13-10)7-2-3-9(17-7)14(15)16/h2-4H,10H2,1H3,(H,11,12,13). The first-order valence-electron chi connectivity index (χ1n) is 4.67. The fourth-order valence-corrected chi connectivity index (χ4v) is 1.33. The molecule has 2 aromatic heterocycles. The largest absolute Gasteiger partial charge is 0.433 e. The molecule has 0 atom stereocenters. The normalized spacial score (nSPS) is 10.2. The van der Waals surface area contributed by atoms with E-state index in [0.717, 1.165) is 0 Å². The third kappa shape index (κ3) is 2.21. The van der Waals surface area contributed by atoms with Crippen LogP contribution in [0, 0.1) is 17.0 Å². The number of nitrogens with zero attached hydrogens (tertiary/aromatic N) is 3. The summed E-state index contributed by atoms with van der Waals surface area (Å²) in [4.78, 5) is 18.0. The van der Waals surface area contributed by atoms with Gasteiger partial charge < -0.3 is 9.84 Å². The maximum Gasteiger partial charge on any atom is 0.433 e. The Balaban J connectivity index is 2.44. The molecule has 0 radical (unpaired) electrons. The molecule has 0 aliphatic carbocycles. The minimum Gasteiger partial charge on any atom is -0.399 e. The summed E-state index contributed by atoms with van der Waals surface area (Å²) in [5.74, 6) is 6.09. The molecule has 0 aromatic carbocycles. The van der Waals surface area contributed by atoms with E-state index >= 15 is 0 Å². The van der Waals surface area contributed by atoms with Gasteiger partial charge in [-0.25, -0.2) is 15.8 Å².